The molecule has 334 valence electrons. The van der Waals surface area contributed by atoms with Crippen LogP contribution >= 0.6 is 0 Å². The Bertz CT molecular complexity index is 2330. The second kappa shape index (κ2) is 17.3. The SMILES string of the molecule is COC1(C(F)(F)F)CCCN(C(=O)Oc2cc(-c3ncc4c(N5CC(C)C[C@@H](F)C5)nc(OC[C@@]56CCCN5C[C@H](F)C6)nc4c3F)c3c(CCCOC=O)c(F)ccc3c2)C1. The number of halogens is 7. The van der Waals surface area contributed by atoms with E-state index in [0.29, 0.717) is 25.9 Å². The number of ether oxygens (including phenoxy) is 4. The first-order chi connectivity index (χ1) is 29.6. The van der Waals surface area contributed by atoms with Crippen LogP contribution in [0.4, 0.5) is 41.3 Å². The fraction of sp³-hybridized carbons (Fsp3) is 0.558. The highest BCUT2D eigenvalue weighted by atomic mass is 19.4. The lowest BCUT2D eigenvalue weighted by molar-refractivity contribution is -0.281. The zero-order valence-corrected chi connectivity index (χ0v) is 34.3. The number of hydrogen-bond acceptors (Lipinski definition) is 11. The second-order valence-corrected chi connectivity index (χ2v) is 17.0. The molecule has 4 aliphatic rings. The number of aromatic nitrogens is 3. The number of alkyl halides is 5. The highest BCUT2D eigenvalue weighted by Gasteiger charge is 2.58. The quantitative estimate of drug-likeness (QED) is 0.0785. The van der Waals surface area contributed by atoms with Gasteiger partial charge in [-0.25, -0.2) is 22.4 Å². The van der Waals surface area contributed by atoms with Gasteiger partial charge in [-0.15, -0.1) is 0 Å². The molecule has 4 saturated heterocycles. The van der Waals surface area contributed by atoms with E-state index in [4.69, 9.17) is 18.9 Å². The summed E-state index contributed by atoms with van der Waals surface area (Å²) in [5.74, 6) is -1.78. The van der Waals surface area contributed by atoms with E-state index in [1.165, 1.54) is 30.5 Å². The van der Waals surface area contributed by atoms with Crippen molar-refractivity contribution in [2.24, 2.45) is 5.92 Å². The number of benzene rings is 2. The predicted molar refractivity (Wildman–Crippen MR) is 213 cm³/mol. The molecule has 1 amide bonds. The molecule has 6 heterocycles. The first kappa shape index (κ1) is 43.6. The maximum absolute atomic E-state index is 17.5. The molecule has 4 fully saturated rings. The van der Waals surface area contributed by atoms with Crippen LogP contribution in [0.15, 0.2) is 30.5 Å². The van der Waals surface area contributed by atoms with Crippen LogP contribution in [0.1, 0.15) is 57.4 Å². The van der Waals surface area contributed by atoms with Gasteiger partial charge in [-0.3, -0.25) is 14.7 Å². The molecule has 2 aromatic carbocycles. The summed E-state index contributed by atoms with van der Waals surface area (Å²) in [6, 6.07) is 4.96. The number of methoxy groups -OCH3 is 1. The molecule has 0 radical (unpaired) electrons. The van der Waals surface area contributed by atoms with Crippen molar-refractivity contribution in [3.05, 3.63) is 47.7 Å². The molecular weight excluding hydrogens is 829 g/mol. The molecule has 2 aromatic heterocycles. The standard InChI is InChI=1S/C43H47F7N6O6/c1-25-14-27(44)20-55(19-25)38-32-18-51-36(35(47)37(32)52-39(53-38)61-23-41-9-4-12-56(41)21-28(45)17-41)31-16-29(15-26-7-8-33(46)30(34(26)31)6-3-13-60-24-57)62-40(58)54-11-5-10-42(22-54,59-2)43(48,49)50/h7-8,15-16,18,24-25,27-28H,3-6,9-14,17,19-23H2,1-2H3/t25?,27-,28-,41+,42?/m1/s1. The van der Waals surface area contributed by atoms with Gasteiger partial charge in [-0.05, 0) is 91.9 Å². The van der Waals surface area contributed by atoms with Gasteiger partial charge in [0.1, 0.15) is 47.5 Å². The van der Waals surface area contributed by atoms with E-state index >= 15 is 13.2 Å². The van der Waals surface area contributed by atoms with Crippen LogP contribution in [-0.4, -0.2) is 127 Å². The first-order valence-electron chi connectivity index (χ1n) is 20.8. The minimum Gasteiger partial charge on any atom is -0.468 e. The molecule has 0 bridgehead atoms. The minimum atomic E-state index is -4.79. The van der Waals surface area contributed by atoms with E-state index < -0.39 is 53.9 Å². The average molecular weight is 877 g/mol. The van der Waals surface area contributed by atoms with E-state index in [2.05, 4.69) is 15.0 Å². The van der Waals surface area contributed by atoms with Crippen molar-refractivity contribution in [3.63, 3.8) is 0 Å². The topological polar surface area (TPSA) is 119 Å². The molecule has 0 saturated carbocycles. The van der Waals surface area contributed by atoms with Gasteiger partial charge < -0.3 is 28.7 Å². The maximum atomic E-state index is 17.5. The van der Waals surface area contributed by atoms with Crippen LogP contribution in [0.5, 0.6) is 11.8 Å². The monoisotopic (exact) mass is 876 g/mol. The fourth-order valence-corrected chi connectivity index (χ4v) is 9.83. The fourth-order valence-electron chi connectivity index (χ4n) is 9.83. The summed E-state index contributed by atoms with van der Waals surface area (Å²) in [7, 11) is 0.928. The molecule has 12 nitrogen and oxygen atoms in total. The second-order valence-electron chi connectivity index (χ2n) is 17.0. The lowest BCUT2D eigenvalue weighted by Gasteiger charge is -2.42. The van der Waals surface area contributed by atoms with Crippen molar-refractivity contribution in [2.75, 3.05) is 64.5 Å². The average Bonchev–Trinajstić information content (AvgIpc) is 3.77. The van der Waals surface area contributed by atoms with Gasteiger partial charge in [0.25, 0.3) is 6.47 Å². The van der Waals surface area contributed by atoms with E-state index in [1.807, 2.05) is 11.8 Å². The highest BCUT2D eigenvalue weighted by Crippen LogP contribution is 2.44. The third-order valence-electron chi connectivity index (χ3n) is 12.8. The lowest BCUT2D eigenvalue weighted by atomic mass is 9.92. The number of carbonyl (C=O) groups is 2. The number of pyridine rings is 1. The Morgan fingerprint density at radius 3 is 2.60 bits per heavy atom. The number of aryl methyl sites for hydroxylation is 1. The maximum Gasteiger partial charge on any atom is 0.419 e. The van der Waals surface area contributed by atoms with E-state index in [1.54, 1.807) is 4.90 Å². The van der Waals surface area contributed by atoms with Gasteiger partial charge >= 0.3 is 18.3 Å². The van der Waals surface area contributed by atoms with Gasteiger partial charge in [0.05, 0.1) is 30.6 Å². The van der Waals surface area contributed by atoms with Crippen molar-refractivity contribution in [3.8, 4) is 23.0 Å². The van der Waals surface area contributed by atoms with Crippen molar-refractivity contribution >= 4 is 40.1 Å². The molecule has 4 aromatic rings. The number of piperidine rings is 2. The summed E-state index contributed by atoms with van der Waals surface area (Å²) in [5.41, 5.74) is -3.77. The van der Waals surface area contributed by atoms with Crippen LogP contribution in [-0.2, 0) is 20.7 Å². The Kier molecular flexibility index (Phi) is 12.1. The Balaban J connectivity index is 1.24. The number of rotatable bonds is 12. The van der Waals surface area contributed by atoms with Gasteiger partial charge in [-0.1, -0.05) is 13.0 Å². The zero-order chi connectivity index (χ0) is 44.0. The van der Waals surface area contributed by atoms with Gasteiger partial charge in [-0.2, -0.15) is 23.1 Å². The van der Waals surface area contributed by atoms with Gasteiger partial charge in [0, 0.05) is 44.9 Å². The number of nitrogens with zero attached hydrogens (tertiary/aromatic N) is 6. The zero-order valence-electron chi connectivity index (χ0n) is 34.3. The minimum absolute atomic E-state index is 0.0169. The smallest absolute Gasteiger partial charge is 0.419 e. The summed E-state index contributed by atoms with van der Waals surface area (Å²) in [6.07, 6.45) is -4.92. The molecule has 0 aliphatic carbocycles. The van der Waals surface area contributed by atoms with Crippen LogP contribution in [0, 0.1) is 17.6 Å². The van der Waals surface area contributed by atoms with Crippen LogP contribution < -0.4 is 14.4 Å². The number of anilines is 1. The third kappa shape index (κ3) is 8.29. The molecule has 2 unspecified atom stereocenters. The Morgan fingerprint density at radius 1 is 1.03 bits per heavy atom. The molecule has 19 heteroatoms. The Labute approximate surface area is 352 Å². The summed E-state index contributed by atoms with van der Waals surface area (Å²) >= 11 is 0. The molecule has 0 N–H and O–H groups in total. The molecule has 4 aliphatic heterocycles. The number of hydrogen-bond donors (Lipinski definition) is 0. The lowest BCUT2D eigenvalue weighted by Crippen LogP contribution is -2.59. The summed E-state index contributed by atoms with van der Waals surface area (Å²) in [4.78, 5) is 42.7. The van der Waals surface area contributed by atoms with E-state index in [0.717, 1.165) is 18.4 Å². The van der Waals surface area contributed by atoms with E-state index in [-0.39, 0.29) is 133 Å². The Hall–Kier alpha value is -5.04. The van der Waals surface area contributed by atoms with Crippen molar-refractivity contribution in [1.29, 1.82) is 0 Å². The highest BCUT2D eigenvalue weighted by molar-refractivity contribution is 6.02. The molecule has 0 spiro atoms. The first-order valence-corrected chi connectivity index (χ1v) is 20.8. The van der Waals surface area contributed by atoms with E-state index in [9.17, 15) is 27.2 Å². The van der Waals surface area contributed by atoms with Gasteiger partial charge in [0.2, 0.25) is 0 Å². The Morgan fingerprint density at radius 2 is 1.84 bits per heavy atom. The van der Waals surface area contributed by atoms with Crippen LogP contribution in [0.2, 0.25) is 0 Å². The molecule has 5 atom stereocenters. The molecular formula is C43H47F7N6O6. The number of carbonyl (C=O) groups excluding carboxylic acids is 2. The number of likely N-dealkylation sites (tertiary alicyclic amines) is 1. The number of amides is 1. The largest absolute Gasteiger partial charge is 0.468 e. The van der Waals surface area contributed by atoms with Crippen molar-refractivity contribution in [2.45, 2.75) is 87.9 Å². The summed E-state index contributed by atoms with van der Waals surface area (Å²) in [6.45, 7) is 2.56. The van der Waals surface area contributed by atoms with Crippen molar-refractivity contribution < 1.29 is 59.3 Å². The molecule has 8 rings (SSSR count). The third-order valence-corrected chi connectivity index (χ3v) is 12.8. The van der Waals surface area contributed by atoms with Crippen LogP contribution in [0.3, 0.4) is 0 Å². The van der Waals surface area contributed by atoms with Crippen molar-refractivity contribution in [1.82, 2.24) is 24.8 Å². The predicted octanol–water partition coefficient (Wildman–Crippen LogP) is 7.91. The molecule has 62 heavy (non-hydrogen) atoms. The summed E-state index contributed by atoms with van der Waals surface area (Å²) in [5, 5.41) is 0.575. The number of fused-ring (bicyclic) bond motifs is 3. The van der Waals surface area contributed by atoms with Crippen LogP contribution in [0.25, 0.3) is 32.9 Å². The summed E-state index contributed by atoms with van der Waals surface area (Å²) < 4.78 is 127. The van der Waals surface area contributed by atoms with Gasteiger partial charge in [0.15, 0.2) is 11.4 Å². The normalized spacial score (nSPS) is 25.7.